The molecule has 166 valence electrons. The summed E-state index contributed by atoms with van der Waals surface area (Å²) >= 11 is 1.41. The summed E-state index contributed by atoms with van der Waals surface area (Å²) in [5, 5.41) is 0.564. The van der Waals surface area contributed by atoms with E-state index in [-0.39, 0.29) is 18.1 Å². The number of aryl methyl sites for hydroxylation is 1. The number of amides is 1. The van der Waals surface area contributed by atoms with E-state index >= 15 is 0 Å². The Morgan fingerprint density at radius 2 is 1.72 bits per heavy atom. The first-order valence-electron chi connectivity index (χ1n) is 10.5. The summed E-state index contributed by atoms with van der Waals surface area (Å²) in [7, 11) is 0. The van der Waals surface area contributed by atoms with Gasteiger partial charge in [-0.05, 0) is 37.6 Å². The second kappa shape index (κ2) is 9.35. The third-order valence-electron chi connectivity index (χ3n) is 5.15. The van der Waals surface area contributed by atoms with Gasteiger partial charge in [-0.15, -0.1) is 0 Å². The Morgan fingerprint density at radius 1 is 1.03 bits per heavy atom. The molecule has 0 aliphatic carbocycles. The lowest BCUT2D eigenvalue weighted by Gasteiger charge is -2.17. The maximum absolute atomic E-state index is 12.8. The molecule has 2 aromatic carbocycles. The number of nitrogens with zero attached hydrogens (tertiary/aromatic N) is 4. The van der Waals surface area contributed by atoms with Crippen LogP contribution in [0.1, 0.15) is 20.3 Å². The molecule has 0 fully saturated rings. The molecule has 8 nitrogen and oxygen atoms in total. The Kier molecular flexibility index (Phi) is 6.36. The molecular formula is C23H24N4O4S. The van der Waals surface area contributed by atoms with Crippen molar-refractivity contribution in [3.05, 3.63) is 59.0 Å². The van der Waals surface area contributed by atoms with E-state index in [0.29, 0.717) is 23.7 Å². The van der Waals surface area contributed by atoms with Crippen molar-refractivity contribution in [3.8, 4) is 0 Å². The van der Waals surface area contributed by atoms with Gasteiger partial charge in [-0.2, -0.15) is 0 Å². The third kappa shape index (κ3) is 4.16. The Morgan fingerprint density at radius 3 is 2.41 bits per heavy atom. The first-order chi connectivity index (χ1) is 15.5. The van der Waals surface area contributed by atoms with Gasteiger partial charge in [0.1, 0.15) is 6.54 Å². The summed E-state index contributed by atoms with van der Waals surface area (Å²) in [4.78, 5) is 44.0. The lowest BCUT2D eigenvalue weighted by molar-refractivity contribution is -0.148. The number of benzene rings is 2. The van der Waals surface area contributed by atoms with Gasteiger partial charge in [0, 0.05) is 13.1 Å². The first-order valence-corrected chi connectivity index (χ1v) is 11.3. The fraction of sp³-hybridized carbons (Fsp3) is 0.304. The summed E-state index contributed by atoms with van der Waals surface area (Å²) in [6.45, 7) is 4.13. The van der Waals surface area contributed by atoms with Crippen molar-refractivity contribution in [1.29, 1.82) is 0 Å². The lowest BCUT2D eigenvalue weighted by Crippen LogP contribution is -2.35. The van der Waals surface area contributed by atoms with Crippen molar-refractivity contribution in [2.75, 3.05) is 18.1 Å². The monoisotopic (exact) mass is 452 g/mol. The number of esters is 1. The van der Waals surface area contributed by atoms with E-state index < -0.39 is 12.6 Å². The van der Waals surface area contributed by atoms with Crippen molar-refractivity contribution in [2.45, 2.75) is 33.4 Å². The highest BCUT2D eigenvalue weighted by Gasteiger charge is 2.21. The van der Waals surface area contributed by atoms with Crippen molar-refractivity contribution >= 4 is 49.6 Å². The molecule has 0 bridgehead atoms. The third-order valence-corrected chi connectivity index (χ3v) is 6.21. The number of carbonyl (C=O) groups excluding carboxylic acids is 2. The Labute approximate surface area is 188 Å². The van der Waals surface area contributed by atoms with E-state index in [1.807, 2.05) is 56.3 Å². The zero-order chi connectivity index (χ0) is 22.7. The maximum Gasteiger partial charge on any atom is 0.329 e. The van der Waals surface area contributed by atoms with Crippen LogP contribution in [0.4, 0.5) is 5.13 Å². The smallest absolute Gasteiger partial charge is 0.329 e. The number of para-hydroxylation sites is 3. The van der Waals surface area contributed by atoms with Gasteiger partial charge in [-0.3, -0.25) is 23.6 Å². The van der Waals surface area contributed by atoms with Crippen LogP contribution < -0.4 is 10.6 Å². The molecule has 0 aliphatic rings. The number of carbonyl (C=O) groups is 2. The second-order valence-electron chi connectivity index (χ2n) is 7.27. The van der Waals surface area contributed by atoms with Crippen LogP contribution in [0.15, 0.2) is 53.3 Å². The predicted molar refractivity (Wildman–Crippen MR) is 125 cm³/mol. The molecular weight excluding hydrogens is 428 g/mol. The van der Waals surface area contributed by atoms with Crippen molar-refractivity contribution in [1.82, 2.24) is 14.1 Å². The van der Waals surface area contributed by atoms with Crippen LogP contribution in [-0.2, 0) is 27.4 Å². The van der Waals surface area contributed by atoms with Crippen LogP contribution in [0.5, 0.6) is 0 Å². The average Bonchev–Trinajstić information content (AvgIpc) is 3.33. The molecule has 4 rings (SSSR count). The van der Waals surface area contributed by atoms with Crippen LogP contribution in [0.3, 0.4) is 0 Å². The van der Waals surface area contributed by atoms with Gasteiger partial charge >= 0.3 is 11.7 Å². The van der Waals surface area contributed by atoms with Crippen LogP contribution in [0, 0.1) is 0 Å². The van der Waals surface area contributed by atoms with E-state index in [0.717, 1.165) is 22.2 Å². The summed E-state index contributed by atoms with van der Waals surface area (Å²) in [5.74, 6) is -0.999. The Balaban J connectivity index is 1.46. The van der Waals surface area contributed by atoms with Crippen LogP contribution >= 0.6 is 11.3 Å². The number of fused-ring (bicyclic) bond motifs is 2. The average molecular weight is 453 g/mol. The van der Waals surface area contributed by atoms with E-state index in [1.54, 1.807) is 10.6 Å². The number of hydrogen-bond donors (Lipinski definition) is 0. The largest absolute Gasteiger partial charge is 0.454 e. The molecule has 32 heavy (non-hydrogen) atoms. The summed E-state index contributed by atoms with van der Waals surface area (Å²) in [6.07, 6.45) is 0.797. The van der Waals surface area contributed by atoms with E-state index in [9.17, 15) is 14.4 Å². The molecule has 2 aromatic heterocycles. The minimum Gasteiger partial charge on any atom is -0.454 e. The minimum atomic E-state index is -0.639. The molecule has 0 unspecified atom stereocenters. The quantitative estimate of drug-likeness (QED) is 0.383. The van der Waals surface area contributed by atoms with E-state index in [1.165, 1.54) is 20.8 Å². The zero-order valence-electron chi connectivity index (χ0n) is 18.0. The molecule has 0 atom stereocenters. The Hall–Kier alpha value is -3.46. The van der Waals surface area contributed by atoms with Crippen molar-refractivity contribution < 1.29 is 14.3 Å². The van der Waals surface area contributed by atoms with E-state index in [4.69, 9.17) is 4.74 Å². The molecule has 2 heterocycles. The van der Waals surface area contributed by atoms with Gasteiger partial charge in [-0.1, -0.05) is 42.5 Å². The summed E-state index contributed by atoms with van der Waals surface area (Å²) < 4.78 is 9.26. The highest BCUT2D eigenvalue weighted by atomic mass is 32.1. The zero-order valence-corrected chi connectivity index (χ0v) is 18.8. The number of ether oxygens (including phenoxy) is 1. The van der Waals surface area contributed by atoms with Gasteiger partial charge < -0.3 is 4.74 Å². The van der Waals surface area contributed by atoms with Crippen molar-refractivity contribution in [2.24, 2.45) is 0 Å². The topological polar surface area (TPSA) is 86.4 Å². The molecule has 0 radical (unpaired) electrons. The minimum absolute atomic E-state index is 0.253. The molecule has 0 saturated carbocycles. The molecule has 9 heteroatoms. The number of hydrogen-bond acceptors (Lipinski definition) is 6. The predicted octanol–water partition coefficient (Wildman–Crippen LogP) is 3.42. The number of thiazole rings is 1. The first kappa shape index (κ1) is 21.8. The molecule has 0 saturated heterocycles. The second-order valence-corrected chi connectivity index (χ2v) is 8.28. The SMILES string of the molecule is CCCn1c(=O)n(CC(=O)OCC(=O)N(CC)c2nc3ccccc3s2)c2ccccc21. The van der Waals surface area contributed by atoms with Gasteiger partial charge in [0.15, 0.2) is 11.7 Å². The number of rotatable bonds is 8. The van der Waals surface area contributed by atoms with Crippen LogP contribution in [-0.4, -0.2) is 39.1 Å². The Bertz CT molecular complexity index is 1300. The van der Waals surface area contributed by atoms with Crippen LogP contribution in [0.25, 0.3) is 21.3 Å². The number of anilines is 1. The van der Waals surface area contributed by atoms with Gasteiger partial charge in [0.2, 0.25) is 0 Å². The van der Waals surface area contributed by atoms with Crippen molar-refractivity contribution in [3.63, 3.8) is 0 Å². The number of likely N-dealkylation sites (N-methyl/N-ethyl adjacent to an activating group) is 1. The highest BCUT2D eigenvalue weighted by Crippen LogP contribution is 2.28. The fourth-order valence-corrected chi connectivity index (χ4v) is 4.70. The molecule has 0 N–H and O–H groups in total. The fourth-order valence-electron chi connectivity index (χ4n) is 3.65. The van der Waals surface area contributed by atoms with Gasteiger partial charge in [0.25, 0.3) is 5.91 Å². The summed E-state index contributed by atoms with van der Waals surface area (Å²) in [5.41, 5.74) is 2.00. The van der Waals surface area contributed by atoms with Gasteiger partial charge in [0.05, 0.1) is 21.3 Å². The summed E-state index contributed by atoms with van der Waals surface area (Å²) in [6, 6.07) is 15.0. The highest BCUT2D eigenvalue weighted by molar-refractivity contribution is 7.22. The normalized spacial score (nSPS) is 11.2. The van der Waals surface area contributed by atoms with E-state index in [2.05, 4.69) is 4.98 Å². The maximum atomic E-state index is 12.8. The molecule has 0 spiro atoms. The number of aromatic nitrogens is 3. The molecule has 4 aromatic rings. The standard InChI is InChI=1S/C23H24N4O4S/c1-3-13-26-17-10-6-7-11-18(17)27(23(26)30)14-21(29)31-15-20(28)25(4-2)22-24-16-9-5-8-12-19(16)32-22/h5-12H,3-4,13-15H2,1-2H3. The number of imidazole rings is 1. The van der Waals surface area contributed by atoms with Gasteiger partial charge in [-0.25, -0.2) is 9.78 Å². The lowest BCUT2D eigenvalue weighted by atomic mass is 10.3. The molecule has 1 amide bonds. The van der Waals surface area contributed by atoms with Crippen LogP contribution in [0.2, 0.25) is 0 Å². The molecule has 0 aliphatic heterocycles.